The summed E-state index contributed by atoms with van der Waals surface area (Å²) in [5.74, 6) is 1.67. The third kappa shape index (κ3) is 4.21. The number of nitrogens with zero attached hydrogens (tertiary/aromatic N) is 1. The van der Waals surface area contributed by atoms with Gasteiger partial charge in [0.1, 0.15) is 17.0 Å². The van der Waals surface area contributed by atoms with E-state index >= 15 is 0 Å². The zero-order valence-electron chi connectivity index (χ0n) is 16.1. The van der Waals surface area contributed by atoms with Gasteiger partial charge in [-0.15, -0.1) is 0 Å². The highest BCUT2D eigenvalue weighted by atomic mass is 16.5. The van der Waals surface area contributed by atoms with Crippen LogP contribution in [0, 0.1) is 0 Å². The number of amides is 1. The van der Waals surface area contributed by atoms with Crippen LogP contribution in [0.1, 0.15) is 6.92 Å². The SMILES string of the molecule is COc1ccc(-c2nc3cc(NC(=O)C(C)Oc4ccccc4)ccc3o2)cc1. The molecule has 0 fully saturated rings. The molecule has 0 saturated heterocycles. The number of benzene rings is 3. The van der Waals surface area contributed by atoms with Gasteiger partial charge in [0.2, 0.25) is 5.89 Å². The first-order valence-corrected chi connectivity index (χ1v) is 9.20. The molecule has 1 N–H and O–H groups in total. The highest BCUT2D eigenvalue weighted by Crippen LogP contribution is 2.27. The van der Waals surface area contributed by atoms with Crippen LogP contribution in [-0.4, -0.2) is 24.1 Å². The van der Waals surface area contributed by atoms with E-state index in [1.807, 2.05) is 54.6 Å². The average molecular weight is 388 g/mol. The van der Waals surface area contributed by atoms with E-state index in [-0.39, 0.29) is 5.91 Å². The van der Waals surface area contributed by atoms with Crippen molar-refractivity contribution in [3.63, 3.8) is 0 Å². The van der Waals surface area contributed by atoms with E-state index in [0.717, 1.165) is 11.3 Å². The van der Waals surface area contributed by atoms with Crippen LogP contribution in [0.3, 0.4) is 0 Å². The Morgan fingerprint density at radius 3 is 2.48 bits per heavy atom. The van der Waals surface area contributed by atoms with E-state index in [4.69, 9.17) is 13.9 Å². The minimum atomic E-state index is -0.639. The molecular formula is C23H20N2O4. The molecule has 4 rings (SSSR count). The van der Waals surface area contributed by atoms with Crippen molar-refractivity contribution in [1.82, 2.24) is 4.98 Å². The Hall–Kier alpha value is -3.80. The van der Waals surface area contributed by atoms with Gasteiger partial charge >= 0.3 is 0 Å². The Morgan fingerprint density at radius 1 is 1.00 bits per heavy atom. The monoisotopic (exact) mass is 388 g/mol. The molecule has 146 valence electrons. The topological polar surface area (TPSA) is 73.6 Å². The molecular weight excluding hydrogens is 368 g/mol. The van der Waals surface area contributed by atoms with Gasteiger partial charge in [-0.05, 0) is 61.5 Å². The molecule has 6 heteroatoms. The van der Waals surface area contributed by atoms with Crippen molar-refractivity contribution >= 4 is 22.7 Å². The molecule has 4 aromatic rings. The van der Waals surface area contributed by atoms with Crippen molar-refractivity contribution in [3.8, 4) is 23.0 Å². The highest BCUT2D eigenvalue weighted by Gasteiger charge is 2.16. The van der Waals surface area contributed by atoms with Crippen LogP contribution in [0.5, 0.6) is 11.5 Å². The number of hydrogen-bond donors (Lipinski definition) is 1. The molecule has 3 aromatic carbocycles. The van der Waals surface area contributed by atoms with Crippen LogP contribution < -0.4 is 14.8 Å². The number of para-hydroxylation sites is 1. The first-order chi connectivity index (χ1) is 14.1. The van der Waals surface area contributed by atoms with Crippen LogP contribution in [0.2, 0.25) is 0 Å². The summed E-state index contributed by atoms with van der Waals surface area (Å²) >= 11 is 0. The predicted molar refractivity (Wildman–Crippen MR) is 111 cm³/mol. The van der Waals surface area contributed by atoms with Crippen molar-refractivity contribution in [2.75, 3.05) is 12.4 Å². The fourth-order valence-electron chi connectivity index (χ4n) is 2.86. The number of ether oxygens (including phenoxy) is 2. The summed E-state index contributed by atoms with van der Waals surface area (Å²) in [5, 5.41) is 2.86. The summed E-state index contributed by atoms with van der Waals surface area (Å²) < 4.78 is 16.7. The molecule has 0 radical (unpaired) electrons. The minimum Gasteiger partial charge on any atom is -0.497 e. The third-order valence-corrected chi connectivity index (χ3v) is 4.42. The molecule has 0 spiro atoms. The van der Waals surface area contributed by atoms with Crippen LogP contribution in [0.4, 0.5) is 5.69 Å². The lowest BCUT2D eigenvalue weighted by Crippen LogP contribution is -2.30. The highest BCUT2D eigenvalue weighted by molar-refractivity contribution is 5.95. The first kappa shape index (κ1) is 18.6. The fourth-order valence-corrected chi connectivity index (χ4v) is 2.86. The van der Waals surface area contributed by atoms with Crippen molar-refractivity contribution in [1.29, 1.82) is 0 Å². The summed E-state index contributed by atoms with van der Waals surface area (Å²) in [6.07, 6.45) is -0.639. The summed E-state index contributed by atoms with van der Waals surface area (Å²) in [6.45, 7) is 1.71. The molecule has 1 amide bonds. The summed E-state index contributed by atoms with van der Waals surface area (Å²) in [6, 6.07) is 22.0. The van der Waals surface area contributed by atoms with E-state index in [2.05, 4.69) is 10.3 Å². The fraction of sp³-hybridized carbons (Fsp3) is 0.130. The standard InChI is InChI=1S/C23H20N2O4/c1-15(28-19-6-4-3-5-7-19)22(26)24-17-10-13-21-20(14-17)25-23(29-21)16-8-11-18(27-2)12-9-16/h3-15H,1-2H3,(H,24,26). The molecule has 1 atom stereocenters. The normalized spacial score (nSPS) is 11.8. The van der Waals surface area contributed by atoms with E-state index in [9.17, 15) is 4.79 Å². The Bertz CT molecular complexity index is 1120. The molecule has 1 heterocycles. The lowest BCUT2D eigenvalue weighted by atomic mass is 10.2. The largest absolute Gasteiger partial charge is 0.497 e. The van der Waals surface area contributed by atoms with Crippen molar-refractivity contribution in [3.05, 3.63) is 72.8 Å². The smallest absolute Gasteiger partial charge is 0.265 e. The number of methoxy groups -OCH3 is 1. The van der Waals surface area contributed by atoms with Gasteiger partial charge in [-0.1, -0.05) is 18.2 Å². The van der Waals surface area contributed by atoms with Gasteiger partial charge in [0.15, 0.2) is 11.7 Å². The molecule has 1 aromatic heterocycles. The maximum Gasteiger partial charge on any atom is 0.265 e. The second-order valence-corrected chi connectivity index (χ2v) is 6.49. The Morgan fingerprint density at radius 2 is 1.76 bits per heavy atom. The lowest BCUT2D eigenvalue weighted by molar-refractivity contribution is -0.122. The minimum absolute atomic E-state index is 0.243. The molecule has 0 aliphatic rings. The number of anilines is 1. The summed E-state index contributed by atoms with van der Waals surface area (Å²) in [4.78, 5) is 17.0. The van der Waals surface area contributed by atoms with E-state index in [1.165, 1.54) is 0 Å². The Labute approximate surface area is 168 Å². The number of nitrogens with one attached hydrogen (secondary N) is 1. The number of oxazole rings is 1. The molecule has 0 bridgehead atoms. The van der Waals surface area contributed by atoms with E-state index in [1.54, 1.807) is 32.2 Å². The zero-order valence-corrected chi connectivity index (χ0v) is 16.1. The Kier molecular flexibility index (Phi) is 5.16. The predicted octanol–water partition coefficient (Wildman–Crippen LogP) is 4.91. The van der Waals surface area contributed by atoms with E-state index in [0.29, 0.717) is 28.4 Å². The average Bonchev–Trinajstić information content (AvgIpc) is 3.18. The van der Waals surface area contributed by atoms with E-state index < -0.39 is 6.10 Å². The van der Waals surface area contributed by atoms with Crippen LogP contribution >= 0.6 is 0 Å². The van der Waals surface area contributed by atoms with Crippen LogP contribution in [0.15, 0.2) is 77.2 Å². The van der Waals surface area contributed by atoms with Gasteiger partial charge in [-0.2, -0.15) is 0 Å². The van der Waals surface area contributed by atoms with Crippen molar-refractivity contribution < 1.29 is 18.7 Å². The number of fused-ring (bicyclic) bond motifs is 1. The van der Waals surface area contributed by atoms with Gasteiger partial charge in [0.05, 0.1) is 7.11 Å². The molecule has 1 unspecified atom stereocenters. The van der Waals surface area contributed by atoms with Gasteiger partial charge in [0, 0.05) is 11.3 Å². The number of rotatable bonds is 6. The number of aromatic nitrogens is 1. The Balaban J connectivity index is 1.49. The number of carbonyl (C=O) groups is 1. The number of hydrogen-bond acceptors (Lipinski definition) is 5. The molecule has 0 aliphatic heterocycles. The maximum atomic E-state index is 12.4. The van der Waals surface area contributed by atoms with Gasteiger partial charge < -0.3 is 19.2 Å². The second kappa shape index (κ2) is 8.06. The quantitative estimate of drug-likeness (QED) is 0.508. The molecule has 0 aliphatic carbocycles. The summed E-state index contributed by atoms with van der Waals surface area (Å²) in [5.41, 5.74) is 2.77. The number of carbonyl (C=O) groups excluding carboxylic acids is 1. The van der Waals surface area contributed by atoms with Crippen LogP contribution in [-0.2, 0) is 4.79 Å². The van der Waals surface area contributed by atoms with Gasteiger partial charge in [0.25, 0.3) is 5.91 Å². The van der Waals surface area contributed by atoms with Crippen molar-refractivity contribution in [2.24, 2.45) is 0 Å². The third-order valence-electron chi connectivity index (χ3n) is 4.42. The maximum absolute atomic E-state index is 12.4. The molecule has 29 heavy (non-hydrogen) atoms. The van der Waals surface area contributed by atoms with Crippen molar-refractivity contribution in [2.45, 2.75) is 13.0 Å². The lowest BCUT2D eigenvalue weighted by Gasteiger charge is -2.14. The van der Waals surface area contributed by atoms with Gasteiger partial charge in [-0.25, -0.2) is 4.98 Å². The van der Waals surface area contributed by atoms with Gasteiger partial charge in [-0.3, -0.25) is 4.79 Å². The first-order valence-electron chi connectivity index (χ1n) is 9.20. The molecule has 6 nitrogen and oxygen atoms in total. The zero-order chi connectivity index (χ0) is 20.2. The molecule has 0 saturated carbocycles. The second-order valence-electron chi connectivity index (χ2n) is 6.49. The summed E-state index contributed by atoms with van der Waals surface area (Å²) in [7, 11) is 1.62. The van der Waals surface area contributed by atoms with Crippen LogP contribution in [0.25, 0.3) is 22.6 Å².